The van der Waals surface area contributed by atoms with Crippen LogP contribution < -0.4 is 15.6 Å². The highest BCUT2D eigenvalue weighted by Crippen LogP contribution is 2.32. The molecule has 178 valence electrons. The van der Waals surface area contributed by atoms with Crippen molar-refractivity contribution in [2.45, 2.75) is 32.6 Å². The Morgan fingerprint density at radius 3 is 2.17 bits per heavy atom. The number of aromatic amines is 1. The van der Waals surface area contributed by atoms with Gasteiger partial charge in [-0.3, -0.25) is 9.59 Å². The number of rotatable bonds is 10. The molecule has 0 spiro atoms. The summed E-state index contributed by atoms with van der Waals surface area (Å²) in [4.78, 5) is 26.3. The number of nitrogens with zero attached hydrogens (tertiary/aromatic N) is 1. The van der Waals surface area contributed by atoms with Crippen molar-refractivity contribution in [2.24, 2.45) is 0 Å². The van der Waals surface area contributed by atoms with E-state index in [-0.39, 0.29) is 5.56 Å². The Labute approximate surface area is 205 Å². The molecular weight excluding hydrogens is 438 g/mol. The van der Waals surface area contributed by atoms with Gasteiger partial charge in [0.15, 0.2) is 0 Å². The first-order chi connectivity index (χ1) is 17.2. The maximum atomic E-state index is 13.4. The number of ether oxygens (including phenoxy) is 1. The summed E-state index contributed by atoms with van der Waals surface area (Å²) in [6.07, 6.45) is 4.57. The lowest BCUT2D eigenvalue weighted by Gasteiger charge is -2.14. The van der Waals surface area contributed by atoms with Crippen LogP contribution in [0.2, 0.25) is 0 Å². The second-order valence-electron chi connectivity index (χ2n) is 8.27. The molecule has 35 heavy (non-hydrogen) atoms. The van der Waals surface area contributed by atoms with Gasteiger partial charge in [-0.1, -0.05) is 86.8 Å². The minimum Gasteiger partial charge on any atom is -0.494 e. The van der Waals surface area contributed by atoms with Gasteiger partial charge in [-0.05, 0) is 36.2 Å². The predicted molar refractivity (Wildman–Crippen MR) is 140 cm³/mol. The molecule has 0 bridgehead atoms. The van der Waals surface area contributed by atoms with Gasteiger partial charge in [0, 0.05) is 16.8 Å². The number of carbonyl (C=O) groups excluding carboxylic acids is 1. The van der Waals surface area contributed by atoms with Crippen LogP contribution in [-0.2, 0) is 0 Å². The quantitative estimate of drug-likeness (QED) is 0.268. The summed E-state index contributed by atoms with van der Waals surface area (Å²) in [5, 5.41) is 9.66. The van der Waals surface area contributed by atoms with Crippen LogP contribution in [0.1, 0.15) is 43.0 Å². The Morgan fingerprint density at radius 2 is 1.51 bits per heavy atom. The normalized spacial score (nSPS) is 10.7. The lowest BCUT2D eigenvalue weighted by atomic mass is 9.95. The first-order valence-electron chi connectivity index (χ1n) is 11.9. The number of aromatic nitrogens is 2. The van der Waals surface area contributed by atoms with Gasteiger partial charge in [0.05, 0.1) is 12.3 Å². The molecule has 0 saturated heterocycles. The molecule has 2 N–H and O–H groups in total. The molecule has 0 aliphatic carbocycles. The van der Waals surface area contributed by atoms with Crippen molar-refractivity contribution in [1.82, 2.24) is 10.2 Å². The summed E-state index contributed by atoms with van der Waals surface area (Å²) >= 11 is 0. The number of nitrogens with one attached hydrogen (secondary N) is 2. The van der Waals surface area contributed by atoms with Gasteiger partial charge in [0.25, 0.3) is 11.5 Å². The highest BCUT2D eigenvalue weighted by molar-refractivity contribution is 6.10. The van der Waals surface area contributed by atoms with E-state index in [1.165, 1.54) is 12.8 Å². The Balaban J connectivity index is 1.61. The van der Waals surface area contributed by atoms with Crippen molar-refractivity contribution in [2.75, 3.05) is 11.9 Å². The van der Waals surface area contributed by atoms with E-state index >= 15 is 0 Å². The van der Waals surface area contributed by atoms with Gasteiger partial charge >= 0.3 is 0 Å². The fourth-order valence-electron chi connectivity index (χ4n) is 3.90. The summed E-state index contributed by atoms with van der Waals surface area (Å²) in [5.74, 6) is 0.246. The first-order valence-corrected chi connectivity index (χ1v) is 11.9. The van der Waals surface area contributed by atoms with Gasteiger partial charge in [0.2, 0.25) is 0 Å². The molecular formula is C29H29N3O3. The molecule has 4 rings (SSSR count). The zero-order valence-corrected chi connectivity index (χ0v) is 19.8. The zero-order chi connectivity index (χ0) is 24.5. The largest absolute Gasteiger partial charge is 0.494 e. The van der Waals surface area contributed by atoms with E-state index < -0.39 is 11.5 Å². The Kier molecular flexibility index (Phi) is 8.07. The van der Waals surface area contributed by atoms with Crippen LogP contribution in [0.3, 0.4) is 0 Å². The highest BCUT2D eigenvalue weighted by Gasteiger charge is 2.23. The van der Waals surface area contributed by atoms with Gasteiger partial charge in [0.1, 0.15) is 11.3 Å². The lowest BCUT2D eigenvalue weighted by molar-refractivity contribution is 0.102. The van der Waals surface area contributed by atoms with E-state index in [1.807, 2.05) is 72.8 Å². The van der Waals surface area contributed by atoms with Crippen LogP contribution >= 0.6 is 0 Å². The number of unbranched alkanes of at least 4 members (excludes halogenated alkanes) is 3. The Hall–Kier alpha value is -4.19. The third-order valence-electron chi connectivity index (χ3n) is 5.70. The Bertz CT molecular complexity index is 1300. The standard InChI is InChI=1S/C29H29N3O3/c1-2-3-4-11-20-35-24-18-16-23(17-19-24)30-28(33)26-25(21-12-7-5-8-13-21)27(31-32-29(26)34)22-14-9-6-10-15-22/h5-10,12-19H,2-4,11,20H2,1H3,(H,30,33)(H,32,34). The summed E-state index contributed by atoms with van der Waals surface area (Å²) in [6, 6.07) is 26.0. The molecule has 1 heterocycles. The molecule has 3 aromatic carbocycles. The summed E-state index contributed by atoms with van der Waals surface area (Å²) in [6.45, 7) is 2.85. The third kappa shape index (κ3) is 6.03. The van der Waals surface area contributed by atoms with Crippen LogP contribution in [0.4, 0.5) is 5.69 Å². The fourth-order valence-corrected chi connectivity index (χ4v) is 3.90. The van der Waals surface area contributed by atoms with Crippen molar-refractivity contribution >= 4 is 11.6 Å². The average Bonchev–Trinajstić information content (AvgIpc) is 2.90. The van der Waals surface area contributed by atoms with Gasteiger partial charge in [-0.25, -0.2) is 5.10 Å². The number of hydrogen-bond donors (Lipinski definition) is 2. The zero-order valence-electron chi connectivity index (χ0n) is 19.8. The summed E-state index contributed by atoms with van der Waals surface area (Å²) in [5.41, 5.74) is 2.61. The monoisotopic (exact) mass is 467 g/mol. The number of amides is 1. The molecule has 0 aliphatic heterocycles. The summed E-state index contributed by atoms with van der Waals surface area (Å²) < 4.78 is 5.78. The van der Waals surface area contributed by atoms with Gasteiger partial charge < -0.3 is 10.1 Å². The molecule has 0 fully saturated rings. The van der Waals surface area contributed by atoms with Crippen molar-refractivity contribution in [1.29, 1.82) is 0 Å². The molecule has 0 saturated carbocycles. The van der Waals surface area contributed by atoms with Crippen molar-refractivity contribution in [3.05, 3.63) is 101 Å². The van der Waals surface area contributed by atoms with Gasteiger partial charge in [-0.2, -0.15) is 5.10 Å². The molecule has 4 aromatic rings. The fraction of sp³-hybridized carbons (Fsp3) is 0.207. The van der Waals surface area contributed by atoms with Crippen LogP contribution in [-0.4, -0.2) is 22.7 Å². The number of anilines is 1. The minimum atomic E-state index is -0.548. The molecule has 1 amide bonds. The first kappa shape index (κ1) is 24.0. The molecule has 0 unspecified atom stereocenters. The second kappa shape index (κ2) is 11.8. The molecule has 0 aliphatic rings. The number of hydrogen-bond acceptors (Lipinski definition) is 4. The van der Waals surface area contributed by atoms with Crippen LogP contribution in [0.5, 0.6) is 5.75 Å². The number of benzene rings is 3. The number of carbonyl (C=O) groups is 1. The topological polar surface area (TPSA) is 84.1 Å². The maximum Gasteiger partial charge on any atom is 0.277 e. The number of H-pyrrole nitrogens is 1. The van der Waals surface area contributed by atoms with E-state index in [1.54, 1.807) is 12.1 Å². The lowest BCUT2D eigenvalue weighted by Crippen LogP contribution is -2.26. The van der Waals surface area contributed by atoms with Crippen LogP contribution in [0.25, 0.3) is 22.4 Å². The second-order valence-corrected chi connectivity index (χ2v) is 8.27. The van der Waals surface area contributed by atoms with E-state index in [2.05, 4.69) is 22.4 Å². The third-order valence-corrected chi connectivity index (χ3v) is 5.70. The average molecular weight is 468 g/mol. The van der Waals surface area contributed by atoms with E-state index in [0.717, 1.165) is 29.7 Å². The van der Waals surface area contributed by atoms with E-state index in [4.69, 9.17) is 4.74 Å². The minimum absolute atomic E-state index is 0.0151. The van der Waals surface area contributed by atoms with Crippen LogP contribution in [0, 0.1) is 0 Å². The SMILES string of the molecule is CCCCCCOc1ccc(NC(=O)c2c(-c3ccccc3)c(-c3ccccc3)n[nH]c2=O)cc1. The van der Waals surface area contributed by atoms with Crippen molar-refractivity contribution < 1.29 is 9.53 Å². The van der Waals surface area contributed by atoms with Crippen LogP contribution in [0.15, 0.2) is 89.7 Å². The predicted octanol–water partition coefficient (Wildman–Crippen LogP) is 6.32. The molecule has 6 heteroatoms. The van der Waals surface area contributed by atoms with E-state index in [0.29, 0.717) is 23.6 Å². The maximum absolute atomic E-state index is 13.4. The summed E-state index contributed by atoms with van der Waals surface area (Å²) in [7, 11) is 0. The highest BCUT2D eigenvalue weighted by atomic mass is 16.5. The molecule has 1 aromatic heterocycles. The van der Waals surface area contributed by atoms with Crippen molar-refractivity contribution in [3.63, 3.8) is 0 Å². The van der Waals surface area contributed by atoms with E-state index in [9.17, 15) is 9.59 Å². The molecule has 0 radical (unpaired) electrons. The molecule has 6 nitrogen and oxygen atoms in total. The van der Waals surface area contributed by atoms with Crippen molar-refractivity contribution in [3.8, 4) is 28.1 Å². The van der Waals surface area contributed by atoms with Gasteiger partial charge in [-0.15, -0.1) is 0 Å². The Morgan fingerprint density at radius 1 is 0.857 bits per heavy atom. The molecule has 0 atom stereocenters. The smallest absolute Gasteiger partial charge is 0.277 e.